The van der Waals surface area contributed by atoms with Gasteiger partial charge < -0.3 is 24.8 Å². The molecule has 3 aromatic heterocycles. The van der Waals surface area contributed by atoms with Crippen LogP contribution in [0.25, 0.3) is 22.5 Å². The van der Waals surface area contributed by atoms with E-state index in [9.17, 15) is 18.7 Å². The number of halogens is 3. The number of pyridine rings is 1. The molecule has 0 saturated carbocycles. The highest BCUT2D eigenvalue weighted by atomic mass is 19.3. The number of carbonyl (C=O) groups is 1. The molecule has 11 nitrogen and oxygen atoms in total. The number of β-amino-alcohol motifs (C(OH)–C–C–N with tert-alkyl or cyclic N) is 1. The minimum absolute atomic E-state index is 0.00354. The fraction of sp³-hybridized carbons (Fsp3) is 0.296. The van der Waals surface area contributed by atoms with Crippen molar-refractivity contribution in [3.63, 3.8) is 0 Å². The Balaban J connectivity index is 1.49. The summed E-state index contributed by atoms with van der Waals surface area (Å²) in [5.41, 5.74) is 1.60. The number of esters is 1. The second kappa shape index (κ2) is 11.8. The monoisotopic (exact) mass is 569 g/mol. The van der Waals surface area contributed by atoms with Crippen molar-refractivity contribution in [2.75, 3.05) is 37.5 Å². The number of piperidine rings is 1. The average molecular weight is 570 g/mol. The Morgan fingerprint density at radius 3 is 2.71 bits per heavy atom. The SMILES string of the molecule is COC(=O)c1cc(F)c(-c2nccc(Nc3cc(N4CCC[C@H](O)C4)c(-c4cnn(C(F)F)c4)cn3)n2)c(OC)c1. The van der Waals surface area contributed by atoms with E-state index in [1.54, 1.807) is 12.1 Å². The van der Waals surface area contributed by atoms with Crippen LogP contribution in [0.15, 0.2) is 49.1 Å². The molecule has 14 heteroatoms. The van der Waals surface area contributed by atoms with Gasteiger partial charge in [-0.15, -0.1) is 0 Å². The maximum atomic E-state index is 15.1. The number of anilines is 3. The third-order valence-electron chi connectivity index (χ3n) is 6.56. The minimum atomic E-state index is -2.79. The van der Waals surface area contributed by atoms with Crippen LogP contribution in [0.5, 0.6) is 5.75 Å². The quantitative estimate of drug-likeness (QED) is 0.294. The Hall–Kier alpha value is -4.72. The topological polar surface area (TPSA) is 128 Å². The second-order valence-electron chi connectivity index (χ2n) is 9.23. The van der Waals surface area contributed by atoms with Crippen LogP contribution >= 0.6 is 0 Å². The van der Waals surface area contributed by atoms with Crippen LogP contribution in [0, 0.1) is 5.82 Å². The third kappa shape index (κ3) is 5.91. The predicted octanol–water partition coefficient (Wildman–Crippen LogP) is 4.44. The summed E-state index contributed by atoms with van der Waals surface area (Å²) < 4.78 is 52.0. The predicted molar refractivity (Wildman–Crippen MR) is 143 cm³/mol. The van der Waals surface area contributed by atoms with Gasteiger partial charge in [-0.2, -0.15) is 13.9 Å². The number of rotatable bonds is 8. The number of aliphatic hydroxyl groups is 1. The Morgan fingerprint density at radius 2 is 2.00 bits per heavy atom. The zero-order chi connectivity index (χ0) is 29.1. The van der Waals surface area contributed by atoms with Crippen LogP contribution in [0.4, 0.5) is 30.5 Å². The van der Waals surface area contributed by atoms with Gasteiger partial charge in [-0.05, 0) is 31.0 Å². The largest absolute Gasteiger partial charge is 0.496 e. The molecule has 41 heavy (non-hydrogen) atoms. The van der Waals surface area contributed by atoms with E-state index >= 15 is 4.39 Å². The van der Waals surface area contributed by atoms with Gasteiger partial charge in [0.05, 0.1) is 43.3 Å². The maximum absolute atomic E-state index is 15.1. The first kappa shape index (κ1) is 27.8. The lowest BCUT2D eigenvalue weighted by Crippen LogP contribution is -2.38. The first-order valence-corrected chi connectivity index (χ1v) is 12.6. The number of carbonyl (C=O) groups excluding carboxylic acids is 1. The molecule has 5 rings (SSSR count). The molecule has 1 atom stereocenters. The van der Waals surface area contributed by atoms with Crippen LogP contribution in [0.1, 0.15) is 29.7 Å². The fourth-order valence-electron chi connectivity index (χ4n) is 4.63. The number of nitrogens with zero attached hydrogens (tertiary/aromatic N) is 6. The smallest absolute Gasteiger partial charge is 0.338 e. The number of aliphatic hydroxyl groups excluding tert-OH is 1. The maximum Gasteiger partial charge on any atom is 0.338 e. The molecule has 4 heterocycles. The lowest BCUT2D eigenvalue weighted by atomic mass is 10.0. The molecule has 4 aromatic rings. The van der Waals surface area contributed by atoms with Crippen molar-refractivity contribution in [1.82, 2.24) is 24.7 Å². The highest BCUT2D eigenvalue weighted by Crippen LogP contribution is 2.36. The van der Waals surface area contributed by atoms with Gasteiger partial charge in [0.1, 0.15) is 23.2 Å². The zero-order valence-corrected chi connectivity index (χ0v) is 22.1. The Labute approximate surface area is 232 Å². The van der Waals surface area contributed by atoms with Crippen LogP contribution in [0.2, 0.25) is 0 Å². The van der Waals surface area contributed by atoms with Gasteiger partial charge in [0.2, 0.25) is 0 Å². The molecule has 0 unspecified atom stereocenters. The molecule has 0 spiro atoms. The van der Waals surface area contributed by atoms with Crippen LogP contribution < -0.4 is 15.0 Å². The second-order valence-corrected chi connectivity index (χ2v) is 9.23. The molecule has 1 aromatic carbocycles. The molecule has 0 radical (unpaired) electrons. The summed E-state index contributed by atoms with van der Waals surface area (Å²) >= 11 is 0. The van der Waals surface area contributed by atoms with Crippen molar-refractivity contribution < 1.29 is 32.5 Å². The number of ether oxygens (including phenoxy) is 2. The van der Waals surface area contributed by atoms with Gasteiger partial charge in [0, 0.05) is 48.9 Å². The van der Waals surface area contributed by atoms with E-state index < -0.39 is 24.4 Å². The molecule has 0 amide bonds. The molecular weight excluding hydrogens is 543 g/mol. The third-order valence-corrected chi connectivity index (χ3v) is 6.56. The van der Waals surface area contributed by atoms with Crippen molar-refractivity contribution in [2.24, 2.45) is 0 Å². The molecule has 1 fully saturated rings. The first-order valence-electron chi connectivity index (χ1n) is 12.6. The van der Waals surface area contributed by atoms with E-state index in [-0.39, 0.29) is 28.5 Å². The Kier molecular flexibility index (Phi) is 8.01. The van der Waals surface area contributed by atoms with Gasteiger partial charge in [0.15, 0.2) is 5.82 Å². The lowest BCUT2D eigenvalue weighted by molar-refractivity contribution is 0.0565. The molecular formula is C27H26F3N7O4. The lowest BCUT2D eigenvalue weighted by Gasteiger charge is -2.33. The minimum Gasteiger partial charge on any atom is -0.496 e. The van der Waals surface area contributed by atoms with E-state index in [0.29, 0.717) is 46.8 Å². The summed E-state index contributed by atoms with van der Waals surface area (Å²) in [6.45, 7) is -1.78. The van der Waals surface area contributed by atoms with Crippen molar-refractivity contribution >= 4 is 23.3 Å². The van der Waals surface area contributed by atoms with E-state index in [1.807, 2.05) is 4.90 Å². The summed E-state index contributed by atoms with van der Waals surface area (Å²) in [6.07, 6.45) is 6.40. The Morgan fingerprint density at radius 1 is 1.17 bits per heavy atom. The Bertz CT molecular complexity index is 1570. The molecule has 214 valence electrons. The number of nitrogens with one attached hydrogen (secondary N) is 1. The summed E-state index contributed by atoms with van der Waals surface area (Å²) in [7, 11) is 2.52. The van der Waals surface area contributed by atoms with Crippen molar-refractivity contribution in [1.29, 1.82) is 0 Å². The van der Waals surface area contributed by atoms with Crippen LogP contribution in [-0.4, -0.2) is 69.2 Å². The van der Waals surface area contributed by atoms with Crippen molar-refractivity contribution in [2.45, 2.75) is 25.5 Å². The molecule has 2 N–H and O–H groups in total. The zero-order valence-electron chi connectivity index (χ0n) is 22.1. The van der Waals surface area contributed by atoms with Crippen molar-refractivity contribution in [3.8, 4) is 28.3 Å². The molecule has 0 bridgehead atoms. The van der Waals surface area contributed by atoms with E-state index in [1.165, 1.54) is 45.1 Å². The molecule has 1 aliphatic heterocycles. The summed E-state index contributed by atoms with van der Waals surface area (Å²) in [6, 6.07) is 5.64. The molecule has 1 aliphatic rings. The summed E-state index contributed by atoms with van der Waals surface area (Å²) in [5.74, 6) is -0.818. The highest BCUT2D eigenvalue weighted by Gasteiger charge is 2.23. The number of hydrogen-bond donors (Lipinski definition) is 2. The normalized spacial score (nSPS) is 15.2. The highest BCUT2D eigenvalue weighted by molar-refractivity contribution is 5.91. The molecule has 1 saturated heterocycles. The number of hydrogen-bond acceptors (Lipinski definition) is 10. The van der Waals surface area contributed by atoms with Gasteiger partial charge in [-0.1, -0.05) is 0 Å². The van der Waals surface area contributed by atoms with E-state index in [4.69, 9.17) is 4.74 Å². The van der Waals surface area contributed by atoms with Crippen molar-refractivity contribution in [3.05, 3.63) is 60.4 Å². The average Bonchev–Trinajstić information content (AvgIpc) is 3.47. The number of aromatic nitrogens is 5. The van der Waals surface area contributed by atoms with E-state index in [2.05, 4.69) is 30.1 Å². The number of methoxy groups -OCH3 is 2. The van der Waals surface area contributed by atoms with Crippen LogP contribution in [-0.2, 0) is 4.74 Å². The van der Waals surface area contributed by atoms with Gasteiger partial charge in [0.25, 0.3) is 0 Å². The van der Waals surface area contributed by atoms with Gasteiger partial charge in [-0.25, -0.2) is 28.8 Å². The van der Waals surface area contributed by atoms with Gasteiger partial charge >= 0.3 is 12.5 Å². The van der Waals surface area contributed by atoms with E-state index in [0.717, 1.165) is 12.5 Å². The first-order chi connectivity index (χ1) is 19.8. The standard InChI is InChI=1S/C27H26F3N7O4/c1-40-21-9-15(26(39)41-2)8-19(28)24(21)25-31-6-5-22(35-25)34-23-10-20(36-7-3-4-17(38)14-36)18(12-32-23)16-11-33-37(13-16)27(29)30/h5-6,8-13,17,27,38H,3-4,7,14H2,1-2H3,(H,31,32,34,35)/t17-/m0/s1. The van der Waals surface area contributed by atoms with Gasteiger partial charge in [-0.3, -0.25) is 0 Å². The molecule has 0 aliphatic carbocycles. The van der Waals surface area contributed by atoms with Crippen LogP contribution in [0.3, 0.4) is 0 Å². The number of alkyl halides is 2. The summed E-state index contributed by atoms with van der Waals surface area (Å²) in [5, 5.41) is 17.1. The number of benzene rings is 1. The summed E-state index contributed by atoms with van der Waals surface area (Å²) in [4.78, 5) is 26.9. The fourth-order valence-corrected chi connectivity index (χ4v) is 4.63.